The molecule has 1 aromatic carbocycles. The molecule has 7 nitrogen and oxygen atoms in total. The van der Waals surface area contributed by atoms with Crippen LogP contribution in [0.3, 0.4) is 0 Å². The topological polar surface area (TPSA) is 87.5 Å². The summed E-state index contributed by atoms with van der Waals surface area (Å²) < 4.78 is 4.59. The summed E-state index contributed by atoms with van der Waals surface area (Å²) in [6, 6.07) is 10.1. The van der Waals surface area contributed by atoms with E-state index < -0.39 is 11.8 Å². The normalized spacial score (nSPS) is 14.1. The van der Waals surface area contributed by atoms with Gasteiger partial charge >= 0.3 is 11.8 Å². The molecule has 1 saturated heterocycles. The number of carbonyl (C=O) groups is 2. The van der Waals surface area contributed by atoms with Crippen LogP contribution in [-0.2, 0) is 16.0 Å². The molecule has 2 heterocycles. The van der Waals surface area contributed by atoms with Crippen molar-refractivity contribution in [3.8, 4) is 0 Å². The van der Waals surface area contributed by atoms with Crippen LogP contribution in [0.4, 0.5) is 11.5 Å². The zero-order chi connectivity index (χ0) is 18.2. The molecule has 1 aliphatic heterocycles. The third-order valence-electron chi connectivity index (χ3n) is 4.47. The second-order valence-electron chi connectivity index (χ2n) is 6.41. The van der Waals surface area contributed by atoms with E-state index in [0.717, 1.165) is 25.9 Å². The lowest BCUT2D eigenvalue weighted by Crippen LogP contribution is -2.36. The SMILES string of the molecule is O=C(NCCCc1ccc(N2CCCCC2)cc1)C(=O)Nc1ccon1. The van der Waals surface area contributed by atoms with Crippen LogP contribution in [0.2, 0.25) is 0 Å². The fourth-order valence-electron chi connectivity index (χ4n) is 3.05. The largest absolute Gasteiger partial charge is 0.372 e. The number of nitrogens with zero attached hydrogens (tertiary/aromatic N) is 2. The van der Waals surface area contributed by atoms with Crippen molar-refractivity contribution in [3.63, 3.8) is 0 Å². The summed E-state index contributed by atoms with van der Waals surface area (Å²) >= 11 is 0. The van der Waals surface area contributed by atoms with E-state index in [9.17, 15) is 9.59 Å². The van der Waals surface area contributed by atoms with E-state index in [0.29, 0.717) is 6.54 Å². The number of aryl methyl sites for hydroxylation is 1. The number of amides is 2. The predicted octanol–water partition coefficient (Wildman–Crippen LogP) is 2.35. The number of hydrogen-bond donors (Lipinski definition) is 2. The van der Waals surface area contributed by atoms with Crippen LogP contribution < -0.4 is 15.5 Å². The van der Waals surface area contributed by atoms with Gasteiger partial charge in [-0.2, -0.15) is 0 Å². The first-order chi connectivity index (χ1) is 12.7. The highest BCUT2D eigenvalue weighted by Crippen LogP contribution is 2.20. The lowest BCUT2D eigenvalue weighted by molar-refractivity contribution is -0.136. The summed E-state index contributed by atoms with van der Waals surface area (Å²) in [7, 11) is 0. The van der Waals surface area contributed by atoms with Gasteiger partial charge in [0.15, 0.2) is 5.82 Å². The van der Waals surface area contributed by atoms with Crippen LogP contribution in [0, 0.1) is 0 Å². The van der Waals surface area contributed by atoms with Crippen molar-refractivity contribution < 1.29 is 14.1 Å². The van der Waals surface area contributed by atoms with Gasteiger partial charge in [0, 0.05) is 31.4 Å². The van der Waals surface area contributed by atoms with Crippen LogP contribution >= 0.6 is 0 Å². The summed E-state index contributed by atoms with van der Waals surface area (Å²) in [4.78, 5) is 25.8. The smallest absolute Gasteiger partial charge is 0.314 e. The summed E-state index contributed by atoms with van der Waals surface area (Å²) in [6.07, 6.45) is 6.82. The highest BCUT2D eigenvalue weighted by Gasteiger charge is 2.14. The highest BCUT2D eigenvalue weighted by atomic mass is 16.5. The molecule has 0 spiro atoms. The molecule has 7 heteroatoms. The minimum atomic E-state index is -0.746. The number of anilines is 2. The van der Waals surface area contributed by atoms with Crippen LogP contribution in [0.1, 0.15) is 31.2 Å². The Kier molecular flexibility index (Phi) is 6.24. The molecule has 0 atom stereocenters. The molecule has 0 unspecified atom stereocenters. The molecule has 0 radical (unpaired) electrons. The van der Waals surface area contributed by atoms with Gasteiger partial charge in [-0.3, -0.25) is 14.9 Å². The molecule has 1 fully saturated rings. The van der Waals surface area contributed by atoms with Gasteiger partial charge in [0.25, 0.3) is 0 Å². The lowest BCUT2D eigenvalue weighted by atomic mass is 10.1. The number of rotatable bonds is 6. The minimum Gasteiger partial charge on any atom is -0.372 e. The van der Waals surface area contributed by atoms with Gasteiger partial charge < -0.3 is 14.7 Å². The van der Waals surface area contributed by atoms with E-state index >= 15 is 0 Å². The van der Waals surface area contributed by atoms with E-state index in [1.54, 1.807) is 0 Å². The molecule has 3 rings (SSSR count). The van der Waals surface area contributed by atoms with Crippen molar-refractivity contribution in [1.29, 1.82) is 0 Å². The highest BCUT2D eigenvalue weighted by molar-refractivity contribution is 6.39. The molecule has 0 aliphatic carbocycles. The second kappa shape index (κ2) is 9.03. The fourth-order valence-corrected chi connectivity index (χ4v) is 3.05. The molecule has 26 heavy (non-hydrogen) atoms. The number of carbonyl (C=O) groups excluding carboxylic acids is 2. The zero-order valence-corrected chi connectivity index (χ0v) is 14.7. The van der Waals surface area contributed by atoms with Gasteiger partial charge in [-0.15, -0.1) is 0 Å². The number of piperidine rings is 1. The maximum Gasteiger partial charge on any atom is 0.314 e. The summed E-state index contributed by atoms with van der Waals surface area (Å²) in [6.45, 7) is 2.72. The maximum atomic E-state index is 11.7. The van der Waals surface area contributed by atoms with Crippen molar-refractivity contribution in [2.75, 3.05) is 29.9 Å². The predicted molar refractivity (Wildman–Crippen MR) is 99.0 cm³/mol. The Bertz CT molecular complexity index is 707. The first kappa shape index (κ1) is 18.0. The third kappa shape index (κ3) is 5.08. The Hall–Kier alpha value is -2.83. The third-order valence-corrected chi connectivity index (χ3v) is 4.47. The summed E-state index contributed by atoms with van der Waals surface area (Å²) in [5.74, 6) is -1.20. The van der Waals surface area contributed by atoms with Crippen LogP contribution in [-0.4, -0.2) is 36.6 Å². The Morgan fingerprint density at radius 1 is 1.04 bits per heavy atom. The average molecular weight is 356 g/mol. The van der Waals surface area contributed by atoms with Crippen molar-refractivity contribution >= 4 is 23.3 Å². The Morgan fingerprint density at radius 2 is 1.81 bits per heavy atom. The minimum absolute atomic E-state index is 0.221. The van der Waals surface area contributed by atoms with Gasteiger partial charge in [-0.1, -0.05) is 17.3 Å². The van der Waals surface area contributed by atoms with Crippen molar-refractivity contribution in [2.24, 2.45) is 0 Å². The van der Waals surface area contributed by atoms with Crippen molar-refractivity contribution in [1.82, 2.24) is 10.5 Å². The zero-order valence-electron chi connectivity index (χ0n) is 14.7. The maximum absolute atomic E-state index is 11.7. The van der Waals surface area contributed by atoms with Crippen LogP contribution in [0.15, 0.2) is 41.1 Å². The van der Waals surface area contributed by atoms with E-state index in [1.807, 2.05) is 0 Å². The molecule has 0 saturated carbocycles. The molecular formula is C19H24N4O3. The van der Waals surface area contributed by atoms with Gasteiger partial charge in [0.1, 0.15) is 6.26 Å². The van der Waals surface area contributed by atoms with E-state index in [-0.39, 0.29) is 5.82 Å². The number of benzene rings is 1. The monoisotopic (exact) mass is 356 g/mol. The Morgan fingerprint density at radius 3 is 2.50 bits per heavy atom. The Labute approximate surface area is 152 Å². The lowest BCUT2D eigenvalue weighted by Gasteiger charge is -2.28. The number of nitrogens with one attached hydrogen (secondary N) is 2. The summed E-state index contributed by atoms with van der Waals surface area (Å²) in [5, 5.41) is 8.49. The second-order valence-corrected chi connectivity index (χ2v) is 6.41. The number of aromatic nitrogens is 1. The molecule has 1 aliphatic rings. The molecule has 2 amide bonds. The standard InChI is InChI=1S/C19H24N4O3/c24-18(19(25)21-17-10-14-26-22-17)20-11-4-5-15-6-8-16(9-7-15)23-12-2-1-3-13-23/h6-10,14H,1-5,11-13H2,(H,20,24)(H,21,22,25). The number of hydrogen-bond acceptors (Lipinski definition) is 5. The fraction of sp³-hybridized carbons (Fsp3) is 0.421. The van der Waals surface area contributed by atoms with Gasteiger partial charge in [0.2, 0.25) is 0 Å². The molecule has 2 aromatic rings. The summed E-state index contributed by atoms with van der Waals surface area (Å²) in [5.41, 5.74) is 2.51. The van der Waals surface area contributed by atoms with Gasteiger partial charge in [-0.25, -0.2) is 0 Å². The first-order valence-corrected chi connectivity index (χ1v) is 9.06. The molecule has 2 N–H and O–H groups in total. The quantitative estimate of drug-likeness (QED) is 0.613. The van der Waals surface area contributed by atoms with E-state index in [2.05, 4.69) is 49.5 Å². The molecular weight excluding hydrogens is 332 g/mol. The Balaban J connectivity index is 1.36. The van der Waals surface area contributed by atoms with E-state index in [1.165, 1.54) is 42.8 Å². The first-order valence-electron chi connectivity index (χ1n) is 9.06. The molecule has 1 aromatic heterocycles. The van der Waals surface area contributed by atoms with Crippen LogP contribution in [0.5, 0.6) is 0 Å². The van der Waals surface area contributed by atoms with Crippen molar-refractivity contribution in [3.05, 3.63) is 42.2 Å². The van der Waals surface area contributed by atoms with Gasteiger partial charge in [0.05, 0.1) is 0 Å². The van der Waals surface area contributed by atoms with E-state index in [4.69, 9.17) is 0 Å². The van der Waals surface area contributed by atoms with Crippen molar-refractivity contribution in [2.45, 2.75) is 32.1 Å². The molecule has 138 valence electrons. The average Bonchev–Trinajstić information content (AvgIpc) is 3.19. The van der Waals surface area contributed by atoms with Crippen LogP contribution in [0.25, 0.3) is 0 Å². The van der Waals surface area contributed by atoms with Gasteiger partial charge in [-0.05, 0) is 49.8 Å². The molecule has 0 bridgehead atoms.